The molecule has 7 rings (SSSR count). The minimum Gasteiger partial charge on any atom is -0.489 e. The number of hydrogen-bond acceptors (Lipinski definition) is 5. The number of likely N-dealkylation sites (N-methyl/N-ethyl adjacent to an activating group) is 1. The summed E-state index contributed by atoms with van der Waals surface area (Å²) in [5, 5.41) is 4.20. The zero-order valence-electron chi connectivity index (χ0n) is 25.4. The van der Waals surface area contributed by atoms with Crippen LogP contribution >= 0.6 is 0 Å². The van der Waals surface area contributed by atoms with Crippen LogP contribution in [0.4, 0.5) is 0 Å². The Morgan fingerprint density at radius 1 is 0.652 bits per heavy atom. The average Bonchev–Trinajstić information content (AvgIpc) is 3.09. The molecule has 0 unspecified atom stereocenters. The van der Waals surface area contributed by atoms with Gasteiger partial charge in [0.15, 0.2) is 5.76 Å². The minimum absolute atomic E-state index is 0.0448. The van der Waals surface area contributed by atoms with Gasteiger partial charge in [-0.2, -0.15) is 0 Å². The number of ether oxygens (including phenoxy) is 2. The van der Waals surface area contributed by atoms with Crippen LogP contribution in [0.5, 0.6) is 5.75 Å². The van der Waals surface area contributed by atoms with Gasteiger partial charge in [-0.05, 0) is 64.0 Å². The molecular formula is C39H31NO5S. The van der Waals surface area contributed by atoms with E-state index in [-0.39, 0.29) is 29.6 Å². The molecule has 228 valence electrons. The summed E-state index contributed by atoms with van der Waals surface area (Å²) in [4.78, 5) is 14.5. The third-order valence-electron chi connectivity index (χ3n) is 8.43. The van der Waals surface area contributed by atoms with Crippen LogP contribution in [0.15, 0.2) is 138 Å². The van der Waals surface area contributed by atoms with Gasteiger partial charge in [-0.15, -0.1) is 0 Å². The Morgan fingerprint density at radius 3 is 2.07 bits per heavy atom. The molecule has 46 heavy (non-hydrogen) atoms. The Labute approximate surface area is 268 Å². The van der Waals surface area contributed by atoms with E-state index in [2.05, 4.69) is 18.2 Å². The first-order valence-corrected chi connectivity index (χ1v) is 16.5. The molecule has 1 aliphatic rings. The highest BCUT2D eigenvalue weighted by Crippen LogP contribution is 2.39. The fourth-order valence-corrected chi connectivity index (χ4v) is 7.47. The smallest absolute Gasteiger partial charge is 0.265 e. The van der Waals surface area contributed by atoms with Crippen molar-refractivity contribution in [2.45, 2.75) is 11.8 Å². The van der Waals surface area contributed by atoms with E-state index in [9.17, 15) is 13.2 Å². The van der Waals surface area contributed by atoms with Gasteiger partial charge < -0.3 is 9.47 Å². The van der Waals surface area contributed by atoms with Crippen LogP contribution in [0.2, 0.25) is 0 Å². The molecule has 0 aliphatic carbocycles. The predicted molar refractivity (Wildman–Crippen MR) is 182 cm³/mol. The summed E-state index contributed by atoms with van der Waals surface area (Å²) < 4.78 is 40.8. The molecule has 0 bridgehead atoms. The molecule has 0 atom stereocenters. The summed E-state index contributed by atoms with van der Waals surface area (Å²) in [5.74, 6) is 0.468. The molecule has 1 heterocycles. The van der Waals surface area contributed by atoms with Gasteiger partial charge in [0.25, 0.3) is 10.0 Å². The van der Waals surface area contributed by atoms with Crippen LogP contribution in [-0.2, 0) is 14.8 Å². The van der Waals surface area contributed by atoms with E-state index in [4.69, 9.17) is 9.47 Å². The normalized spacial score (nSPS) is 13.9. The number of rotatable bonds is 8. The molecule has 0 aromatic heterocycles. The van der Waals surface area contributed by atoms with Crippen molar-refractivity contribution in [3.05, 3.63) is 150 Å². The number of allylic oxidation sites excluding steroid dienone is 1. The number of fused-ring (bicyclic) bond motifs is 3. The van der Waals surface area contributed by atoms with Crippen molar-refractivity contribution in [2.75, 3.05) is 20.3 Å². The van der Waals surface area contributed by atoms with Crippen molar-refractivity contribution in [3.63, 3.8) is 0 Å². The van der Waals surface area contributed by atoms with Gasteiger partial charge >= 0.3 is 0 Å². The third-order valence-corrected chi connectivity index (χ3v) is 10.2. The van der Waals surface area contributed by atoms with Crippen LogP contribution in [0.3, 0.4) is 0 Å². The fourth-order valence-electron chi connectivity index (χ4n) is 6.08. The van der Waals surface area contributed by atoms with Crippen LogP contribution < -0.4 is 4.74 Å². The molecule has 0 fully saturated rings. The molecule has 0 radical (unpaired) electrons. The van der Waals surface area contributed by atoms with Crippen molar-refractivity contribution < 1.29 is 22.7 Å². The number of ketones is 1. The molecule has 0 saturated carbocycles. The monoisotopic (exact) mass is 625 g/mol. The summed E-state index contributed by atoms with van der Waals surface area (Å²) in [6.07, 6.45) is 0. The van der Waals surface area contributed by atoms with Crippen molar-refractivity contribution in [1.29, 1.82) is 0 Å². The maximum Gasteiger partial charge on any atom is 0.265 e. The molecule has 6 aromatic carbocycles. The van der Waals surface area contributed by atoms with Crippen molar-refractivity contribution in [3.8, 4) is 16.9 Å². The summed E-state index contributed by atoms with van der Waals surface area (Å²) in [6, 6.07) is 40.1. The van der Waals surface area contributed by atoms with Gasteiger partial charge in [0.2, 0.25) is 5.78 Å². The molecule has 0 amide bonds. The van der Waals surface area contributed by atoms with E-state index in [0.29, 0.717) is 11.1 Å². The molecule has 0 spiro atoms. The van der Waals surface area contributed by atoms with Crippen LogP contribution in [0, 0.1) is 6.92 Å². The highest BCUT2D eigenvalue weighted by Gasteiger charge is 2.39. The zero-order valence-corrected chi connectivity index (χ0v) is 26.3. The van der Waals surface area contributed by atoms with E-state index in [0.717, 1.165) is 48.3 Å². The first kappa shape index (κ1) is 29.3. The number of Topliss-reactive ketones (excluding diaryl/α,β-unsaturated/α-hetero) is 1. The predicted octanol–water partition coefficient (Wildman–Crippen LogP) is 8.25. The maximum absolute atomic E-state index is 14.4. The van der Waals surface area contributed by atoms with E-state index >= 15 is 0 Å². The van der Waals surface area contributed by atoms with Crippen molar-refractivity contribution >= 4 is 43.1 Å². The van der Waals surface area contributed by atoms with Crippen molar-refractivity contribution in [2.24, 2.45) is 0 Å². The Bertz CT molecular complexity index is 2280. The second-order valence-corrected chi connectivity index (χ2v) is 13.1. The Kier molecular flexibility index (Phi) is 7.54. The second kappa shape index (κ2) is 11.8. The molecule has 6 aromatic rings. The highest BCUT2D eigenvalue weighted by atomic mass is 32.2. The summed E-state index contributed by atoms with van der Waals surface area (Å²) >= 11 is 0. The van der Waals surface area contributed by atoms with Gasteiger partial charge in [-0.3, -0.25) is 9.10 Å². The van der Waals surface area contributed by atoms with E-state index in [1.54, 1.807) is 24.3 Å². The second-order valence-electron chi connectivity index (χ2n) is 11.2. The number of sulfonamides is 1. The molecule has 6 nitrogen and oxygen atoms in total. The third kappa shape index (κ3) is 5.08. The first-order chi connectivity index (χ1) is 22.3. The van der Waals surface area contributed by atoms with Gasteiger partial charge in [-0.1, -0.05) is 103 Å². The number of hydrogen-bond donors (Lipinski definition) is 0. The SMILES string of the molecule is Cc1ccc(C(=O)C2=C(OCCOc3cccc4ccccc34)c3ccccc3S(=O)(=O)N2C)cc1-c1cccc2ccccc12. The lowest BCUT2D eigenvalue weighted by molar-refractivity contribution is 0.100. The van der Waals surface area contributed by atoms with Gasteiger partial charge in [0, 0.05) is 23.6 Å². The Morgan fingerprint density at radius 2 is 1.26 bits per heavy atom. The van der Waals surface area contributed by atoms with Gasteiger partial charge in [0.1, 0.15) is 24.7 Å². The Balaban J connectivity index is 1.27. The number of nitrogens with zero attached hydrogens (tertiary/aromatic N) is 1. The lowest BCUT2D eigenvalue weighted by Crippen LogP contribution is -2.35. The largest absolute Gasteiger partial charge is 0.489 e. The quantitative estimate of drug-likeness (QED) is 0.126. The molecular weight excluding hydrogens is 594 g/mol. The number of carbonyl (C=O) groups is 1. The van der Waals surface area contributed by atoms with E-state index in [1.165, 1.54) is 13.1 Å². The van der Waals surface area contributed by atoms with E-state index < -0.39 is 15.8 Å². The highest BCUT2D eigenvalue weighted by molar-refractivity contribution is 7.89. The standard InChI is InChI=1S/C39H31NO5S/c1-26-21-22-29(25-34(26)32-18-9-13-27-11-3-5-15-30(27)32)38(41)37-39(33-17-7-8-20-36(33)46(42,43)40(37)2)45-24-23-44-35-19-10-14-28-12-4-6-16-31(28)35/h3-22,25H,23-24H2,1-2H3. The van der Waals surface area contributed by atoms with Crippen molar-refractivity contribution in [1.82, 2.24) is 4.31 Å². The Hall–Kier alpha value is -5.40. The molecule has 1 aliphatic heterocycles. The summed E-state index contributed by atoms with van der Waals surface area (Å²) in [7, 11) is -2.61. The average molecular weight is 626 g/mol. The van der Waals surface area contributed by atoms with Crippen LogP contribution in [0.1, 0.15) is 21.5 Å². The molecule has 7 heteroatoms. The minimum atomic E-state index is -4.01. The lowest BCUT2D eigenvalue weighted by atomic mass is 9.92. The summed E-state index contributed by atoms with van der Waals surface area (Å²) in [5.41, 5.74) is 3.55. The topological polar surface area (TPSA) is 72.9 Å². The first-order valence-electron chi connectivity index (χ1n) is 15.0. The van der Waals surface area contributed by atoms with Crippen LogP contribution in [-0.4, -0.2) is 38.8 Å². The molecule has 0 saturated heterocycles. The number of benzene rings is 6. The molecule has 0 N–H and O–H groups in total. The maximum atomic E-state index is 14.4. The lowest BCUT2D eigenvalue weighted by Gasteiger charge is -2.30. The zero-order chi connectivity index (χ0) is 31.8. The summed E-state index contributed by atoms with van der Waals surface area (Å²) in [6.45, 7) is 2.28. The number of carbonyl (C=O) groups excluding carboxylic acids is 1. The van der Waals surface area contributed by atoms with Gasteiger partial charge in [0.05, 0.1) is 4.90 Å². The van der Waals surface area contributed by atoms with E-state index in [1.807, 2.05) is 85.8 Å². The fraction of sp³-hybridized carbons (Fsp3) is 0.103. The van der Waals surface area contributed by atoms with Gasteiger partial charge in [-0.25, -0.2) is 8.42 Å². The van der Waals surface area contributed by atoms with Crippen LogP contribution in [0.25, 0.3) is 38.4 Å². The number of aryl methyl sites for hydroxylation is 1.